The van der Waals surface area contributed by atoms with E-state index >= 15 is 0 Å². The van der Waals surface area contributed by atoms with Gasteiger partial charge in [-0.3, -0.25) is 13.9 Å². The summed E-state index contributed by atoms with van der Waals surface area (Å²) in [5, 5.41) is 5.85. The van der Waals surface area contributed by atoms with Crippen LogP contribution in [0.4, 0.5) is 5.88 Å². The second-order valence-electron chi connectivity index (χ2n) is 7.88. The Balaban J connectivity index is 1.73. The Labute approximate surface area is 184 Å². The van der Waals surface area contributed by atoms with E-state index in [4.69, 9.17) is 4.42 Å². The molecular formula is C26H23N3O3. The summed E-state index contributed by atoms with van der Waals surface area (Å²) in [6.07, 6.45) is 0.795. The third-order valence-corrected chi connectivity index (χ3v) is 5.89. The van der Waals surface area contributed by atoms with Crippen molar-refractivity contribution in [3.63, 3.8) is 0 Å². The zero-order valence-corrected chi connectivity index (χ0v) is 18.0. The maximum absolute atomic E-state index is 13.2. The van der Waals surface area contributed by atoms with Crippen LogP contribution in [0, 0.1) is 0 Å². The Morgan fingerprint density at radius 3 is 2.38 bits per heavy atom. The molecule has 0 aliphatic rings. The molecule has 0 spiro atoms. The molecule has 0 bridgehead atoms. The van der Waals surface area contributed by atoms with Gasteiger partial charge in [-0.15, -0.1) is 0 Å². The van der Waals surface area contributed by atoms with Crippen molar-refractivity contribution in [1.82, 2.24) is 9.13 Å². The molecule has 2 aromatic heterocycles. The van der Waals surface area contributed by atoms with Crippen LogP contribution in [0.25, 0.3) is 33.0 Å². The van der Waals surface area contributed by atoms with Crippen molar-refractivity contribution in [1.29, 1.82) is 0 Å². The molecule has 3 aromatic carbocycles. The van der Waals surface area contributed by atoms with Crippen LogP contribution in [-0.2, 0) is 20.5 Å². The molecule has 2 heterocycles. The Hall–Kier alpha value is -4.06. The van der Waals surface area contributed by atoms with E-state index in [1.165, 1.54) is 17.2 Å². The summed E-state index contributed by atoms with van der Waals surface area (Å²) in [5.74, 6) is 0.491. The molecule has 0 aliphatic heterocycles. The van der Waals surface area contributed by atoms with Gasteiger partial charge in [0.15, 0.2) is 0 Å². The number of nitrogens with one attached hydrogen (secondary N) is 1. The van der Waals surface area contributed by atoms with Gasteiger partial charge in [0.05, 0.1) is 5.56 Å². The maximum Gasteiger partial charge on any atom is 0.333 e. The summed E-state index contributed by atoms with van der Waals surface area (Å²) < 4.78 is 8.63. The molecule has 0 fully saturated rings. The van der Waals surface area contributed by atoms with E-state index < -0.39 is 5.69 Å². The summed E-state index contributed by atoms with van der Waals surface area (Å²) in [4.78, 5) is 25.7. The summed E-state index contributed by atoms with van der Waals surface area (Å²) in [5.41, 5.74) is 2.25. The molecule has 5 rings (SSSR count). The number of hydrogen-bond donors (Lipinski definition) is 1. The Kier molecular flexibility index (Phi) is 4.90. The predicted molar refractivity (Wildman–Crippen MR) is 128 cm³/mol. The van der Waals surface area contributed by atoms with Crippen LogP contribution in [0.15, 0.2) is 86.8 Å². The molecule has 5 aromatic rings. The van der Waals surface area contributed by atoms with Crippen molar-refractivity contribution in [2.45, 2.75) is 6.42 Å². The van der Waals surface area contributed by atoms with E-state index in [0.29, 0.717) is 23.4 Å². The first kappa shape index (κ1) is 19.9. The van der Waals surface area contributed by atoms with Crippen LogP contribution in [-0.4, -0.2) is 15.7 Å². The van der Waals surface area contributed by atoms with E-state index in [0.717, 1.165) is 27.3 Å². The normalized spacial score (nSPS) is 11.3. The van der Waals surface area contributed by atoms with Crippen molar-refractivity contribution in [3.8, 4) is 11.1 Å². The van der Waals surface area contributed by atoms with Gasteiger partial charge in [0.1, 0.15) is 5.39 Å². The van der Waals surface area contributed by atoms with Gasteiger partial charge in [0.25, 0.3) is 5.56 Å². The van der Waals surface area contributed by atoms with Crippen LogP contribution < -0.4 is 16.6 Å². The van der Waals surface area contributed by atoms with E-state index in [1.54, 1.807) is 7.05 Å². The van der Waals surface area contributed by atoms with Gasteiger partial charge >= 0.3 is 5.69 Å². The second kappa shape index (κ2) is 7.89. The highest BCUT2D eigenvalue weighted by Crippen LogP contribution is 2.39. The highest BCUT2D eigenvalue weighted by Gasteiger charge is 2.24. The lowest BCUT2D eigenvalue weighted by atomic mass is 9.98. The van der Waals surface area contributed by atoms with E-state index in [-0.39, 0.29) is 11.3 Å². The monoisotopic (exact) mass is 425 g/mol. The van der Waals surface area contributed by atoms with Crippen LogP contribution in [0.3, 0.4) is 0 Å². The molecule has 0 atom stereocenters. The molecule has 0 saturated carbocycles. The molecule has 0 amide bonds. The molecule has 0 saturated heterocycles. The fraction of sp³-hybridized carbons (Fsp3) is 0.154. The van der Waals surface area contributed by atoms with E-state index in [9.17, 15) is 9.59 Å². The molecule has 0 aliphatic carbocycles. The lowest BCUT2D eigenvalue weighted by molar-refractivity contribution is 0.573. The van der Waals surface area contributed by atoms with Crippen molar-refractivity contribution in [2.75, 3.05) is 11.9 Å². The summed E-state index contributed by atoms with van der Waals surface area (Å²) in [6.45, 7) is 0.621. The first-order valence-corrected chi connectivity index (χ1v) is 10.5. The van der Waals surface area contributed by atoms with E-state index in [1.807, 2.05) is 60.7 Å². The fourth-order valence-electron chi connectivity index (χ4n) is 4.21. The summed E-state index contributed by atoms with van der Waals surface area (Å²) >= 11 is 0. The predicted octanol–water partition coefficient (Wildman–Crippen LogP) is 4.31. The van der Waals surface area contributed by atoms with Gasteiger partial charge in [-0.2, -0.15) is 0 Å². The highest BCUT2D eigenvalue weighted by molar-refractivity contribution is 6.07. The minimum Gasteiger partial charge on any atom is -0.423 e. The molecule has 0 radical (unpaired) electrons. The summed E-state index contributed by atoms with van der Waals surface area (Å²) in [7, 11) is 3.11. The minimum atomic E-state index is -0.420. The number of aryl methyl sites for hydroxylation is 1. The number of aromatic nitrogens is 2. The van der Waals surface area contributed by atoms with Gasteiger partial charge in [0.2, 0.25) is 11.6 Å². The first-order valence-electron chi connectivity index (χ1n) is 10.5. The topological polar surface area (TPSA) is 69.2 Å². The Morgan fingerprint density at radius 2 is 1.56 bits per heavy atom. The fourth-order valence-corrected chi connectivity index (χ4v) is 4.21. The number of nitrogens with zero attached hydrogens (tertiary/aromatic N) is 2. The van der Waals surface area contributed by atoms with Crippen molar-refractivity contribution in [3.05, 3.63) is 99.2 Å². The number of fused-ring (bicyclic) bond motifs is 2. The number of benzene rings is 3. The zero-order chi connectivity index (χ0) is 22.2. The number of anilines is 1. The van der Waals surface area contributed by atoms with Gasteiger partial charge in [0, 0.05) is 20.6 Å². The summed E-state index contributed by atoms with van der Waals surface area (Å²) in [6, 6.07) is 24.2. The smallest absolute Gasteiger partial charge is 0.333 e. The van der Waals surface area contributed by atoms with Gasteiger partial charge in [-0.1, -0.05) is 72.8 Å². The molecule has 0 unspecified atom stereocenters. The van der Waals surface area contributed by atoms with Crippen molar-refractivity contribution in [2.24, 2.45) is 14.1 Å². The molecule has 6 nitrogen and oxygen atoms in total. The van der Waals surface area contributed by atoms with Gasteiger partial charge in [-0.25, -0.2) is 4.79 Å². The first-order chi connectivity index (χ1) is 15.6. The third kappa shape index (κ3) is 3.21. The second-order valence-corrected chi connectivity index (χ2v) is 7.88. The number of rotatable bonds is 5. The number of furan rings is 1. The van der Waals surface area contributed by atoms with Gasteiger partial charge < -0.3 is 9.73 Å². The Morgan fingerprint density at radius 1 is 0.844 bits per heavy atom. The molecular weight excluding hydrogens is 402 g/mol. The average Bonchev–Trinajstić information content (AvgIpc) is 3.21. The zero-order valence-electron chi connectivity index (χ0n) is 18.0. The SMILES string of the molecule is Cn1c(=O)c2c(-c3cccc4ccccc34)c(NCCc3ccccc3)oc2n(C)c1=O. The van der Waals surface area contributed by atoms with Crippen molar-refractivity contribution < 1.29 is 4.42 Å². The van der Waals surface area contributed by atoms with Crippen LogP contribution in [0.5, 0.6) is 0 Å². The maximum atomic E-state index is 13.2. The highest BCUT2D eigenvalue weighted by atomic mass is 16.4. The molecule has 1 N–H and O–H groups in total. The largest absolute Gasteiger partial charge is 0.423 e. The van der Waals surface area contributed by atoms with Crippen LogP contribution in [0.1, 0.15) is 5.56 Å². The molecule has 6 heteroatoms. The van der Waals surface area contributed by atoms with Crippen molar-refractivity contribution >= 4 is 27.8 Å². The average molecular weight is 425 g/mol. The molecule has 32 heavy (non-hydrogen) atoms. The van der Waals surface area contributed by atoms with Gasteiger partial charge in [-0.05, 0) is 28.3 Å². The quantitative estimate of drug-likeness (QED) is 0.456. The lowest BCUT2D eigenvalue weighted by Crippen LogP contribution is -2.36. The third-order valence-electron chi connectivity index (χ3n) is 5.89. The van der Waals surface area contributed by atoms with E-state index in [2.05, 4.69) is 17.4 Å². The Bertz CT molecular complexity index is 1550. The standard InChI is InChI=1S/C26H23N3O3/c1-28-24(30)22-21(20-14-8-12-18-11-6-7-13-19(18)20)23(32-25(22)29(2)26(28)31)27-16-15-17-9-4-3-5-10-17/h3-14,27H,15-16H2,1-2H3. The molecule has 160 valence electrons. The minimum absolute atomic E-state index is 0.267. The lowest BCUT2D eigenvalue weighted by Gasteiger charge is -2.09. The number of hydrogen-bond acceptors (Lipinski definition) is 4. The van der Waals surface area contributed by atoms with Crippen LogP contribution in [0.2, 0.25) is 0 Å². The van der Waals surface area contributed by atoms with Crippen LogP contribution >= 0.6 is 0 Å².